The molecule has 3 nitrogen and oxygen atoms in total. The number of halogens is 1. The number of hydrogen-bond donors (Lipinski definition) is 1. The molecule has 1 aromatic rings. The monoisotopic (exact) mass is 182 g/mol. The number of nitrogens with zero attached hydrogens (tertiary/aromatic N) is 2. The molecule has 0 unspecified atom stereocenters. The first-order chi connectivity index (χ1) is 6.21. The predicted molar refractivity (Wildman–Crippen MR) is 49.1 cm³/mol. The molecule has 1 fully saturated rings. The highest BCUT2D eigenvalue weighted by atomic mass is 19.1. The van der Waals surface area contributed by atoms with Crippen molar-refractivity contribution in [3.63, 3.8) is 0 Å². The summed E-state index contributed by atoms with van der Waals surface area (Å²) in [6.07, 6.45) is 5.06. The highest BCUT2D eigenvalue weighted by molar-refractivity contribution is 5.39. The maximum atomic E-state index is 12.9. The Morgan fingerprint density at radius 2 is 2.00 bits per heavy atom. The molecule has 1 saturated heterocycles. The van der Waals surface area contributed by atoms with Crippen molar-refractivity contribution in [1.29, 1.82) is 0 Å². The molecular formula is C9H13FN3+. The van der Waals surface area contributed by atoms with Gasteiger partial charge in [-0.15, -0.1) is 0 Å². The van der Waals surface area contributed by atoms with E-state index < -0.39 is 0 Å². The van der Waals surface area contributed by atoms with Crippen LogP contribution >= 0.6 is 0 Å². The fraction of sp³-hybridized carbons (Fsp3) is 0.444. The lowest BCUT2D eigenvalue weighted by Gasteiger charge is -2.26. The zero-order valence-electron chi connectivity index (χ0n) is 7.41. The minimum atomic E-state index is -0.313. The molecule has 0 spiro atoms. The van der Waals surface area contributed by atoms with Crippen molar-refractivity contribution in [2.75, 3.05) is 13.1 Å². The van der Waals surface area contributed by atoms with Gasteiger partial charge in [-0.25, -0.2) is 8.98 Å². The molecule has 0 bridgehead atoms. The number of rotatable bonds is 1. The summed E-state index contributed by atoms with van der Waals surface area (Å²) in [4.78, 5) is 3.80. The summed E-state index contributed by atoms with van der Waals surface area (Å²) >= 11 is 0. The second-order valence-corrected chi connectivity index (χ2v) is 3.55. The smallest absolute Gasteiger partial charge is 0.173 e. The van der Waals surface area contributed by atoms with Crippen LogP contribution in [0.15, 0.2) is 18.5 Å². The van der Waals surface area contributed by atoms with Gasteiger partial charge in [0.1, 0.15) is 18.9 Å². The van der Waals surface area contributed by atoms with Gasteiger partial charge in [0.15, 0.2) is 5.69 Å². The lowest BCUT2D eigenvalue weighted by atomic mass is 10.3. The molecule has 0 aromatic carbocycles. The molecule has 1 aliphatic rings. The van der Waals surface area contributed by atoms with Gasteiger partial charge in [0.25, 0.3) is 0 Å². The molecule has 2 heterocycles. The molecule has 0 saturated carbocycles. The normalized spacial score (nSPS) is 20.5. The molecule has 0 aliphatic carbocycles. The zero-order chi connectivity index (χ0) is 9.31. The van der Waals surface area contributed by atoms with Gasteiger partial charge in [-0.2, -0.15) is 5.84 Å². The third kappa shape index (κ3) is 1.55. The Kier molecular flexibility index (Phi) is 2.01. The van der Waals surface area contributed by atoms with Crippen molar-refractivity contribution in [1.82, 2.24) is 9.58 Å². The van der Waals surface area contributed by atoms with E-state index in [4.69, 9.17) is 5.84 Å². The maximum Gasteiger partial charge on any atom is 0.173 e. The van der Waals surface area contributed by atoms with Crippen LogP contribution in [0.3, 0.4) is 0 Å². The van der Waals surface area contributed by atoms with E-state index in [1.54, 1.807) is 6.20 Å². The van der Waals surface area contributed by atoms with Crippen LogP contribution < -0.4 is 10.4 Å². The molecule has 2 N–H and O–H groups in total. The maximum absolute atomic E-state index is 12.9. The molecule has 0 amide bonds. The standard InChI is InChI=1S/C9H13FN3/c10-8-5-9(7-12-6-8)13(11)3-1-2-4-13/h5-7H,1-4,11H2/q+1. The quantitative estimate of drug-likeness (QED) is 0.523. The Morgan fingerprint density at radius 1 is 1.31 bits per heavy atom. The Hall–Kier alpha value is -1.00. The van der Waals surface area contributed by atoms with Crippen molar-refractivity contribution in [2.24, 2.45) is 5.84 Å². The SMILES string of the molecule is N[N+]1(c2cncc(F)c2)CCCC1. The Morgan fingerprint density at radius 3 is 2.62 bits per heavy atom. The predicted octanol–water partition coefficient (Wildman–Crippen LogP) is 1.20. The average molecular weight is 182 g/mol. The third-order valence-corrected chi connectivity index (χ3v) is 2.57. The Balaban J connectivity index is 2.33. The molecule has 13 heavy (non-hydrogen) atoms. The Labute approximate surface area is 76.6 Å². The molecule has 1 aromatic heterocycles. The first kappa shape index (κ1) is 8.59. The lowest BCUT2D eigenvalue weighted by molar-refractivity contribution is 0.345. The largest absolute Gasteiger partial charge is 0.255 e. The van der Waals surface area contributed by atoms with E-state index in [1.807, 2.05) is 0 Å². The van der Waals surface area contributed by atoms with E-state index in [9.17, 15) is 4.39 Å². The molecule has 0 radical (unpaired) electrons. The molecule has 4 heteroatoms. The van der Waals surface area contributed by atoms with Crippen molar-refractivity contribution in [3.05, 3.63) is 24.3 Å². The topological polar surface area (TPSA) is 38.9 Å². The second-order valence-electron chi connectivity index (χ2n) is 3.55. The van der Waals surface area contributed by atoms with Crippen LogP contribution in [0.5, 0.6) is 0 Å². The minimum absolute atomic E-state index is 0.313. The number of pyridine rings is 1. The zero-order valence-corrected chi connectivity index (χ0v) is 7.41. The summed E-state index contributed by atoms with van der Waals surface area (Å²) in [5, 5.41) is 0. The van der Waals surface area contributed by atoms with Gasteiger partial charge in [0, 0.05) is 18.9 Å². The van der Waals surface area contributed by atoms with E-state index in [1.165, 1.54) is 12.3 Å². The van der Waals surface area contributed by atoms with Crippen LogP contribution in [0.4, 0.5) is 10.1 Å². The summed E-state index contributed by atoms with van der Waals surface area (Å²) in [5.41, 5.74) is 0.775. The van der Waals surface area contributed by atoms with Crippen LogP contribution in [0.2, 0.25) is 0 Å². The number of aromatic nitrogens is 1. The molecule has 1 aliphatic heterocycles. The highest BCUT2D eigenvalue weighted by Gasteiger charge is 2.31. The first-order valence-corrected chi connectivity index (χ1v) is 4.47. The van der Waals surface area contributed by atoms with E-state index in [-0.39, 0.29) is 5.82 Å². The van der Waals surface area contributed by atoms with Crippen LogP contribution in [0, 0.1) is 5.82 Å². The summed E-state index contributed by atoms with van der Waals surface area (Å²) in [6.45, 7) is 1.76. The minimum Gasteiger partial charge on any atom is -0.255 e. The Bertz CT molecular complexity index is 307. The number of nitrogens with two attached hydrogens (primary N) is 1. The van der Waals surface area contributed by atoms with Gasteiger partial charge < -0.3 is 0 Å². The summed E-state index contributed by atoms with van der Waals surface area (Å²) in [5.74, 6) is 5.77. The van der Waals surface area contributed by atoms with Crippen molar-refractivity contribution in [3.8, 4) is 0 Å². The third-order valence-electron chi connectivity index (χ3n) is 2.57. The van der Waals surface area contributed by atoms with Crippen molar-refractivity contribution < 1.29 is 4.39 Å². The molecule has 0 atom stereocenters. The fourth-order valence-electron chi connectivity index (χ4n) is 1.80. The van der Waals surface area contributed by atoms with Crippen LogP contribution in [0.1, 0.15) is 12.8 Å². The van der Waals surface area contributed by atoms with Crippen LogP contribution in [-0.4, -0.2) is 18.1 Å². The highest BCUT2D eigenvalue weighted by Crippen LogP contribution is 2.24. The summed E-state index contributed by atoms with van der Waals surface area (Å²) < 4.78 is 13.2. The molecule has 70 valence electrons. The first-order valence-electron chi connectivity index (χ1n) is 4.47. The summed E-state index contributed by atoms with van der Waals surface area (Å²) in [6, 6.07) is 1.47. The van der Waals surface area contributed by atoms with Gasteiger partial charge in [-0.05, 0) is 0 Å². The fourth-order valence-corrected chi connectivity index (χ4v) is 1.80. The van der Waals surface area contributed by atoms with Gasteiger partial charge in [0.05, 0.1) is 12.4 Å². The van der Waals surface area contributed by atoms with Crippen molar-refractivity contribution >= 4 is 5.69 Å². The van der Waals surface area contributed by atoms with E-state index in [0.29, 0.717) is 4.59 Å². The average Bonchev–Trinajstić information content (AvgIpc) is 2.54. The van der Waals surface area contributed by atoms with Gasteiger partial charge >= 0.3 is 0 Å². The number of hydrogen-bond acceptors (Lipinski definition) is 2. The van der Waals surface area contributed by atoms with Crippen molar-refractivity contribution in [2.45, 2.75) is 12.8 Å². The van der Waals surface area contributed by atoms with E-state index in [2.05, 4.69) is 4.98 Å². The number of quaternary nitrogens is 1. The van der Waals surface area contributed by atoms with Crippen LogP contribution in [0.25, 0.3) is 0 Å². The molecule has 2 rings (SSSR count). The van der Waals surface area contributed by atoms with Gasteiger partial charge in [0.2, 0.25) is 0 Å². The van der Waals surface area contributed by atoms with Gasteiger partial charge in [-0.1, -0.05) is 0 Å². The molecular weight excluding hydrogens is 169 g/mol. The van der Waals surface area contributed by atoms with Crippen LogP contribution in [-0.2, 0) is 0 Å². The second kappa shape index (κ2) is 3.05. The van der Waals surface area contributed by atoms with E-state index >= 15 is 0 Å². The van der Waals surface area contributed by atoms with Gasteiger partial charge in [-0.3, -0.25) is 4.98 Å². The summed E-state index contributed by atoms with van der Waals surface area (Å²) in [7, 11) is 0. The van der Waals surface area contributed by atoms with E-state index in [0.717, 1.165) is 31.6 Å². The lowest BCUT2D eigenvalue weighted by Crippen LogP contribution is -2.53.